The van der Waals surface area contributed by atoms with Gasteiger partial charge in [0.1, 0.15) is 0 Å². The quantitative estimate of drug-likeness (QED) is 0.844. The van der Waals surface area contributed by atoms with Crippen LogP contribution in [0.4, 0.5) is 0 Å². The molecule has 0 saturated carbocycles. The Bertz CT molecular complexity index is 419. The number of halogens is 1. The molecule has 1 aliphatic heterocycles. The number of hydrogen-bond acceptors (Lipinski definition) is 3. The number of rotatable bonds is 3. The van der Waals surface area contributed by atoms with Gasteiger partial charge in [-0.05, 0) is 24.8 Å². The van der Waals surface area contributed by atoms with Gasteiger partial charge in [0.15, 0.2) is 0 Å². The Hall–Kier alpha value is -1.13. The molecule has 2 rings (SSSR count). The molecule has 1 amide bonds. The van der Waals surface area contributed by atoms with Crippen LogP contribution in [-0.2, 0) is 4.74 Å². The Kier molecular flexibility index (Phi) is 4.55. The van der Waals surface area contributed by atoms with Crippen LogP contribution < -0.4 is 0 Å². The van der Waals surface area contributed by atoms with E-state index in [1.54, 1.807) is 17.2 Å². The lowest BCUT2D eigenvalue weighted by atomic mass is 9.99. The van der Waals surface area contributed by atoms with E-state index in [-0.39, 0.29) is 5.91 Å². The van der Waals surface area contributed by atoms with Crippen molar-refractivity contribution in [1.29, 1.82) is 0 Å². The fourth-order valence-electron chi connectivity index (χ4n) is 2.15. The zero-order valence-electron chi connectivity index (χ0n) is 10.4. The van der Waals surface area contributed by atoms with Crippen molar-refractivity contribution in [1.82, 2.24) is 9.88 Å². The Labute approximate surface area is 112 Å². The lowest BCUT2D eigenvalue weighted by Crippen LogP contribution is -2.34. The molecule has 1 saturated heterocycles. The van der Waals surface area contributed by atoms with Crippen LogP contribution in [0.2, 0.25) is 5.02 Å². The molecule has 0 unspecified atom stereocenters. The first kappa shape index (κ1) is 13.3. The van der Waals surface area contributed by atoms with E-state index in [1.165, 1.54) is 6.20 Å². The third-order valence-electron chi connectivity index (χ3n) is 3.22. The van der Waals surface area contributed by atoms with Gasteiger partial charge in [-0.1, -0.05) is 11.6 Å². The van der Waals surface area contributed by atoms with Crippen molar-refractivity contribution in [3.05, 3.63) is 29.0 Å². The zero-order chi connectivity index (χ0) is 13.0. The minimum Gasteiger partial charge on any atom is -0.381 e. The number of aromatic nitrogens is 1. The lowest BCUT2D eigenvalue weighted by molar-refractivity contribution is 0.0497. The molecule has 18 heavy (non-hydrogen) atoms. The summed E-state index contributed by atoms with van der Waals surface area (Å²) in [6.45, 7) is 2.34. The first-order chi connectivity index (χ1) is 8.68. The average molecular weight is 269 g/mol. The van der Waals surface area contributed by atoms with Crippen LogP contribution >= 0.6 is 11.6 Å². The number of pyridine rings is 1. The minimum atomic E-state index is -0.0473. The second-order valence-corrected chi connectivity index (χ2v) is 5.00. The molecule has 1 aromatic heterocycles. The first-order valence-electron chi connectivity index (χ1n) is 6.11. The van der Waals surface area contributed by atoms with Gasteiger partial charge in [0.25, 0.3) is 5.91 Å². The number of carbonyl (C=O) groups is 1. The highest BCUT2D eigenvalue weighted by Gasteiger charge is 2.20. The number of ether oxygens (including phenoxy) is 1. The van der Waals surface area contributed by atoms with Crippen LogP contribution in [0.5, 0.6) is 0 Å². The summed E-state index contributed by atoms with van der Waals surface area (Å²) < 4.78 is 5.31. The zero-order valence-corrected chi connectivity index (χ0v) is 11.2. The fraction of sp³-hybridized carbons (Fsp3) is 0.538. The molecule has 98 valence electrons. The Morgan fingerprint density at radius 1 is 1.56 bits per heavy atom. The van der Waals surface area contributed by atoms with E-state index in [0.29, 0.717) is 16.5 Å². The van der Waals surface area contributed by atoms with Crippen molar-refractivity contribution >= 4 is 17.5 Å². The summed E-state index contributed by atoms with van der Waals surface area (Å²) in [7, 11) is 1.81. The number of hydrogen-bond donors (Lipinski definition) is 0. The van der Waals surface area contributed by atoms with Crippen LogP contribution in [-0.4, -0.2) is 42.6 Å². The predicted molar refractivity (Wildman–Crippen MR) is 69.8 cm³/mol. The van der Waals surface area contributed by atoms with E-state index >= 15 is 0 Å². The maximum absolute atomic E-state index is 12.2. The monoisotopic (exact) mass is 268 g/mol. The topological polar surface area (TPSA) is 42.4 Å². The van der Waals surface area contributed by atoms with Crippen LogP contribution in [0.1, 0.15) is 23.2 Å². The van der Waals surface area contributed by atoms with Gasteiger partial charge in [0.05, 0.1) is 10.6 Å². The summed E-state index contributed by atoms with van der Waals surface area (Å²) >= 11 is 5.98. The molecule has 1 aliphatic rings. The lowest BCUT2D eigenvalue weighted by Gasteiger charge is -2.27. The fourth-order valence-corrected chi connectivity index (χ4v) is 2.35. The molecule has 0 atom stereocenters. The van der Waals surface area contributed by atoms with Gasteiger partial charge in [-0.2, -0.15) is 0 Å². The van der Waals surface area contributed by atoms with Gasteiger partial charge in [-0.25, -0.2) is 0 Å². The van der Waals surface area contributed by atoms with Crippen molar-refractivity contribution in [2.75, 3.05) is 26.8 Å². The molecular formula is C13H17ClN2O2. The van der Waals surface area contributed by atoms with Crippen LogP contribution in [0.25, 0.3) is 0 Å². The van der Waals surface area contributed by atoms with Gasteiger partial charge in [0.2, 0.25) is 0 Å². The summed E-state index contributed by atoms with van der Waals surface area (Å²) in [5.74, 6) is 0.474. The SMILES string of the molecule is CN(CC1CCOCC1)C(=O)c1ccncc1Cl. The molecule has 2 heterocycles. The highest BCUT2D eigenvalue weighted by molar-refractivity contribution is 6.33. The molecule has 1 fully saturated rings. The summed E-state index contributed by atoms with van der Waals surface area (Å²) in [4.78, 5) is 17.8. The normalized spacial score (nSPS) is 16.6. The predicted octanol–water partition coefficient (Wildman–Crippen LogP) is 2.23. The molecule has 0 spiro atoms. The van der Waals surface area contributed by atoms with Crippen molar-refractivity contribution in [2.24, 2.45) is 5.92 Å². The summed E-state index contributed by atoms with van der Waals surface area (Å²) in [5.41, 5.74) is 0.515. The summed E-state index contributed by atoms with van der Waals surface area (Å²) in [6.07, 6.45) is 5.11. The van der Waals surface area contributed by atoms with Crippen LogP contribution in [0.15, 0.2) is 18.5 Å². The summed E-state index contributed by atoms with van der Waals surface area (Å²) in [6, 6.07) is 1.66. The molecule has 0 aromatic carbocycles. The standard InChI is InChI=1S/C13H17ClN2O2/c1-16(9-10-3-6-18-7-4-10)13(17)11-2-5-15-8-12(11)14/h2,5,8,10H,3-4,6-7,9H2,1H3. The van der Waals surface area contributed by atoms with E-state index in [0.717, 1.165) is 32.6 Å². The van der Waals surface area contributed by atoms with Gasteiger partial charge >= 0.3 is 0 Å². The Balaban J connectivity index is 1.98. The smallest absolute Gasteiger partial charge is 0.255 e. The first-order valence-corrected chi connectivity index (χ1v) is 6.49. The van der Waals surface area contributed by atoms with Gasteiger partial charge in [-0.15, -0.1) is 0 Å². The second kappa shape index (κ2) is 6.16. The second-order valence-electron chi connectivity index (χ2n) is 4.60. The minimum absolute atomic E-state index is 0.0473. The van der Waals surface area contributed by atoms with Gasteiger partial charge < -0.3 is 9.64 Å². The third-order valence-corrected chi connectivity index (χ3v) is 3.52. The Morgan fingerprint density at radius 3 is 2.94 bits per heavy atom. The number of carbonyl (C=O) groups excluding carboxylic acids is 1. The van der Waals surface area contributed by atoms with E-state index < -0.39 is 0 Å². The molecule has 0 aliphatic carbocycles. The van der Waals surface area contributed by atoms with E-state index in [2.05, 4.69) is 4.98 Å². The van der Waals surface area contributed by atoms with Crippen molar-refractivity contribution in [3.63, 3.8) is 0 Å². The highest BCUT2D eigenvalue weighted by Crippen LogP contribution is 2.19. The summed E-state index contributed by atoms with van der Waals surface area (Å²) in [5, 5.41) is 0.404. The average Bonchev–Trinajstić information content (AvgIpc) is 2.39. The van der Waals surface area contributed by atoms with E-state index in [9.17, 15) is 4.79 Å². The Morgan fingerprint density at radius 2 is 2.28 bits per heavy atom. The highest BCUT2D eigenvalue weighted by atomic mass is 35.5. The van der Waals surface area contributed by atoms with Crippen molar-refractivity contribution in [2.45, 2.75) is 12.8 Å². The molecule has 0 N–H and O–H groups in total. The van der Waals surface area contributed by atoms with E-state index in [4.69, 9.17) is 16.3 Å². The number of nitrogens with zero attached hydrogens (tertiary/aromatic N) is 2. The maximum Gasteiger partial charge on any atom is 0.255 e. The molecule has 4 nitrogen and oxygen atoms in total. The molecule has 1 aromatic rings. The molecule has 0 bridgehead atoms. The van der Waals surface area contributed by atoms with Crippen molar-refractivity contribution in [3.8, 4) is 0 Å². The molecular weight excluding hydrogens is 252 g/mol. The van der Waals surface area contributed by atoms with Crippen LogP contribution in [0.3, 0.4) is 0 Å². The van der Waals surface area contributed by atoms with Gasteiger partial charge in [-0.3, -0.25) is 9.78 Å². The van der Waals surface area contributed by atoms with E-state index in [1.807, 2.05) is 7.05 Å². The van der Waals surface area contributed by atoms with Crippen molar-refractivity contribution < 1.29 is 9.53 Å². The molecule has 5 heteroatoms. The molecule has 0 radical (unpaired) electrons. The number of amides is 1. The largest absolute Gasteiger partial charge is 0.381 e. The maximum atomic E-state index is 12.2. The third kappa shape index (κ3) is 3.21. The van der Waals surface area contributed by atoms with Crippen LogP contribution in [0, 0.1) is 5.92 Å². The van der Waals surface area contributed by atoms with Gasteiger partial charge in [0, 0.05) is 39.2 Å².